The lowest BCUT2D eigenvalue weighted by atomic mass is 10.1. The summed E-state index contributed by atoms with van der Waals surface area (Å²) in [6.07, 6.45) is 0. The summed E-state index contributed by atoms with van der Waals surface area (Å²) in [5.41, 5.74) is 3.35. The van der Waals surface area contributed by atoms with Crippen molar-refractivity contribution in [3.8, 4) is 5.75 Å². The van der Waals surface area contributed by atoms with E-state index in [1.165, 1.54) is 16.9 Å². The van der Waals surface area contributed by atoms with Gasteiger partial charge in [0.05, 0.1) is 17.2 Å². The number of aromatic nitrogens is 1. The second-order valence-corrected chi connectivity index (χ2v) is 6.45. The topological polar surface area (TPSA) is 42.4 Å². The third-order valence-corrected chi connectivity index (χ3v) is 4.17. The highest BCUT2D eigenvalue weighted by Gasteiger charge is 2.14. The van der Waals surface area contributed by atoms with Gasteiger partial charge in [0.15, 0.2) is 0 Å². The molecule has 0 aliphatic heterocycles. The fraction of sp³-hybridized carbons (Fsp3) is 0.438. The minimum atomic E-state index is 0.0503. The van der Waals surface area contributed by atoms with Crippen LogP contribution in [0, 0.1) is 13.8 Å². The largest absolute Gasteiger partial charge is 0.486 e. The molecule has 0 fully saturated rings. The Balaban J connectivity index is 2.11. The molecule has 0 spiro atoms. The third-order valence-electron chi connectivity index (χ3n) is 3.14. The van der Waals surface area contributed by atoms with Gasteiger partial charge in [0.1, 0.15) is 17.4 Å². The van der Waals surface area contributed by atoms with Gasteiger partial charge in [-0.25, -0.2) is 4.98 Å². The molecule has 0 saturated heterocycles. The summed E-state index contributed by atoms with van der Waals surface area (Å²) in [6.45, 7) is 8.79. The fourth-order valence-electron chi connectivity index (χ4n) is 2.14. The van der Waals surface area contributed by atoms with E-state index in [1.807, 2.05) is 19.1 Å². The van der Waals surface area contributed by atoms with Gasteiger partial charge in [-0.1, -0.05) is 31.5 Å². The summed E-state index contributed by atoms with van der Waals surface area (Å²) in [6, 6.07) is 6.15. The molecule has 1 N–H and O–H groups in total. The van der Waals surface area contributed by atoms with Gasteiger partial charge < -0.3 is 9.84 Å². The maximum absolute atomic E-state index is 9.37. The van der Waals surface area contributed by atoms with Crippen LogP contribution in [0.3, 0.4) is 0 Å². The first kappa shape index (κ1) is 15.0. The molecule has 0 saturated carbocycles. The maximum atomic E-state index is 9.37. The number of hydrogen-bond donors (Lipinski definition) is 1. The van der Waals surface area contributed by atoms with Crippen molar-refractivity contribution in [3.05, 3.63) is 44.9 Å². The van der Waals surface area contributed by atoms with E-state index in [9.17, 15) is 5.11 Å². The van der Waals surface area contributed by atoms with Gasteiger partial charge in [-0.05, 0) is 31.4 Å². The van der Waals surface area contributed by atoms with Crippen molar-refractivity contribution in [2.45, 2.75) is 46.8 Å². The summed E-state index contributed by atoms with van der Waals surface area (Å²) in [4.78, 5) is 5.52. The van der Waals surface area contributed by atoms with E-state index in [0.717, 1.165) is 26.9 Å². The Hall–Kier alpha value is -1.39. The molecule has 0 amide bonds. The fourth-order valence-corrected chi connectivity index (χ4v) is 3.14. The highest BCUT2D eigenvalue weighted by molar-refractivity contribution is 7.11. The molecule has 108 valence electrons. The Morgan fingerprint density at radius 1 is 1.30 bits per heavy atom. The second-order valence-electron chi connectivity index (χ2n) is 5.29. The van der Waals surface area contributed by atoms with Crippen LogP contribution in [-0.2, 0) is 13.2 Å². The van der Waals surface area contributed by atoms with Gasteiger partial charge in [0.25, 0.3) is 0 Å². The van der Waals surface area contributed by atoms with Gasteiger partial charge in [0.2, 0.25) is 0 Å². The quantitative estimate of drug-likeness (QED) is 0.907. The van der Waals surface area contributed by atoms with Gasteiger partial charge >= 0.3 is 0 Å². The summed E-state index contributed by atoms with van der Waals surface area (Å²) in [5, 5.41) is 10.3. The maximum Gasteiger partial charge on any atom is 0.140 e. The molecular formula is C16H21NO2S. The second kappa shape index (κ2) is 6.37. The lowest BCUT2D eigenvalue weighted by molar-refractivity contribution is 0.283. The van der Waals surface area contributed by atoms with Gasteiger partial charge in [-0.3, -0.25) is 0 Å². The normalized spacial score (nSPS) is 11.1. The van der Waals surface area contributed by atoms with E-state index in [2.05, 4.69) is 31.8 Å². The summed E-state index contributed by atoms with van der Waals surface area (Å²) in [5.74, 6) is 1.21. The molecule has 1 aromatic heterocycles. The van der Waals surface area contributed by atoms with Crippen molar-refractivity contribution in [2.24, 2.45) is 0 Å². The molecule has 2 rings (SSSR count). The summed E-state index contributed by atoms with van der Waals surface area (Å²) in [7, 11) is 0. The van der Waals surface area contributed by atoms with Crippen molar-refractivity contribution in [2.75, 3.05) is 0 Å². The molecule has 20 heavy (non-hydrogen) atoms. The van der Waals surface area contributed by atoms with E-state index in [4.69, 9.17) is 4.74 Å². The number of aliphatic hydroxyl groups is 1. The number of ether oxygens (including phenoxy) is 1. The molecule has 0 atom stereocenters. The van der Waals surface area contributed by atoms with Crippen molar-refractivity contribution in [1.29, 1.82) is 0 Å². The molecule has 2 aromatic rings. The van der Waals surface area contributed by atoms with Crippen LogP contribution in [0.5, 0.6) is 5.75 Å². The number of aryl methyl sites for hydroxylation is 2. The molecule has 1 heterocycles. The molecule has 3 nitrogen and oxygen atoms in total. The molecule has 1 aromatic carbocycles. The van der Waals surface area contributed by atoms with E-state index in [-0.39, 0.29) is 6.61 Å². The molecule has 4 heteroatoms. The third kappa shape index (κ3) is 3.38. The van der Waals surface area contributed by atoms with Gasteiger partial charge in [-0.15, -0.1) is 11.3 Å². The standard InChI is InChI=1S/C16H21NO2S/c1-10(2)16-14(8-18)20-15(17-16)9-19-13-6-5-11(3)7-12(13)4/h5-7,10,18H,8-9H2,1-4H3. The minimum absolute atomic E-state index is 0.0503. The Labute approximate surface area is 124 Å². The number of nitrogens with zero attached hydrogens (tertiary/aromatic N) is 1. The van der Waals surface area contributed by atoms with E-state index < -0.39 is 0 Å². The van der Waals surface area contributed by atoms with Crippen LogP contribution in [0.4, 0.5) is 0 Å². The zero-order valence-corrected chi connectivity index (χ0v) is 13.3. The van der Waals surface area contributed by atoms with E-state index in [1.54, 1.807) is 0 Å². The molecule has 0 aliphatic rings. The Morgan fingerprint density at radius 2 is 2.05 bits per heavy atom. The Kier molecular flexibility index (Phi) is 4.78. The number of rotatable bonds is 5. The van der Waals surface area contributed by atoms with E-state index in [0.29, 0.717) is 12.5 Å². The van der Waals surface area contributed by atoms with Crippen LogP contribution < -0.4 is 4.74 Å². The molecule has 0 radical (unpaired) electrons. The number of aliphatic hydroxyl groups excluding tert-OH is 1. The van der Waals surface area contributed by atoms with Crippen molar-refractivity contribution in [3.63, 3.8) is 0 Å². The van der Waals surface area contributed by atoms with Gasteiger partial charge in [-0.2, -0.15) is 0 Å². The van der Waals surface area contributed by atoms with Gasteiger partial charge in [0, 0.05) is 0 Å². The van der Waals surface area contributed by atoms with Crippen LogP contribution in [0.15, 0.2) is 18.2 Å². The Morgan fingerprint density at radius 3 is 2.60 bits per heavy atom. The first-order valence-electron chi connectivity index (χ1n) is 6.80. The molecule has 0 aliphatic carbocycles. The Bertz CT molecular complexity index is 590. The first-order valence-corrected chi connectivity index (χ1v) is 7.62. The monoisotopic (exact) mass is 291 g/mol. The molecule has 0 bridgehead atoms. The average molecular weight is 291 g/mol. The minimum Gasteiger partial charge on any atom is -0.486 e. The highest BCUT2D eigenvalue weighted by Crippen LogP contribution is 2.27. The zero-order chi connectivity index (χ0) is 14.7. The van der Waals surface area contributed by atoms with Crippen LogP contribution >= 0.6 is 11.3 Å². The number of hydrogen-bond acceptors (Lipinski definition) is 4. The predicted molar refractivity (Wildman–Crippen MR) is 82.4 cm³/mol. The molecule has 0 unspecified atom stereocenters. The first-order chi connectivity index (χ1) is 9.51. The van der Waals surface area contributed by atoms with Crippen molar-refractivity contribution >= 4 is 11.3 Å². The number of thiazole rings is 1. The summed E-state index contributed by atoms with van der Waals surface area (Å²) < 4.78 is 5.84. The summed E-state index contributed by atoms with van der Waals surface area (Å²) >= 11 is 1.53. The molecular weight excluding hydrogens is 270 g/mol. The van der Waals surface area contributed by atoms with Crippen LogP contribution in [0.2, 0.25) is 0 Å². The predicted octanol–water partition coefficient (Wildman–Crippen LogP) is 3.95. The smallest absolute Gasteiger partial charge is 0.140 e. The van der Waals surface area contributed by atoms with Crippen LogP contribution in [0.25, 0.3) is 0 Å². The SMILES string of the molecule is Cc1ccc(OCc2nc(C(C)C)c(CO)s2)c(C)c1. The number of benzene rings is 1. The van der Waals surface area contributed by atoms with Crippen LogP contribution in [-0.4, -0.2) is 10.1 Å². The van der Waals surface area contributed by atoms with Crippen LogP contribution in [0.1, 0.15) is 46.5 Å². The average Bonchev–Trinajstić information content (AvgIpc) is 2.81. The zero-order valence-electron chi connectivity index (χ0n) is 12.4. The van der Waals surface area contributed by atoms with Crippen molar-refractivity contribution < 1.29 is 9.84 Å². The van der Waals surface area contributed by atoms with E-state index >= 15 is 0 Å². The highest BCUT2D eigenvalue weighted by atomic mass is 32.1. The lowest BCUT2D eigenvalue weighted by Crippen LogP contribution is -1.98. The van der Waals surface area contributed by atoms with Crippen molar-refractivity contribution in [1.82, 2.24) is 4.98 Å². The lowest BCUT2D eigenvalue weighted by Gasteiger charge is -2.08.